The van der Waals surface area contributed by atoms with E-state index in [1.165, 1.54) is 0 Å². The molecule has 0 saturated carbocycles. The molecule has 0 spiro atoms. The van der Waals surface area contributed by atoms with Crippen LogP contribution in [0.4, 0.5) is 0 Å². The first-order valence-electron chi connectivity index (χ1n) is 11.1. The number of esters is 1. The summed E-state index contributed by atoms with van der Waals surface area (Å²) in [5, 5.41) is 0. The van der Waals surface area contributed by atoms with E-state index in [0.29, 0.717) is 12.2 Å². The molecule has 0 saturated heterocycles. The Balaban J connectivity index is 4.88. The molecule has 0 rings (SSSR count). The lowest BCUT2D eigenvalue weighted by molar-refractivity contribution is -0.138. The summed E-state index contributed by atoms with van der Waals surface area (Å²) in [6.45, 7) is 30.7. The monoisotopic (exact) mass is 508 g/mol. The Hall–Kier alpha value is 0.174. The van der Waals surface area contributed by atoms with E-state index in [4.69, 9.17) is 17.1 Å². The quantitative estimate of drug-likeness (QED) is 0.113. The van der Waals surface area contributed by atoms with Gasteiger partial charge in [0.1, 0.15) is 0 Å². The molecule has 10 heteroatoms. The standard InChI is InChI=1S/C20H48O5Si5/c1-19(2)20(21)22-15-14-16-28(9,10)25-29(11,12)17-18-30(13,23-26(3,4)5)24-27(6,7)8/h1,14-18H2,2-13H3. The largest absolute Gasteiger partial charge is 0.462 e. The van der Waals surface area contributed by atoms with Gasteiger partial charge in [0.2, 0.25) is 0 Å². The lowest BCUT2D eigenvalue weighted by atomic mass is 10.4. The lowest BCUT2D eigenvalue weighted by Crippen LogP contribution is -2.54. The third-order valence-electron chi connectivity index (χ3n) is 4.28. The zero-order valence-electron chi connectivity index (χ0n) is 21.8. The van der Waals surface area contributed by atoms with Gasteiger partial charge in [-0.05, 0) is 103 Å². The zero-order chi connectivity index (χ0) is 24.0. The molecule has 0 radical (unpaired) electrons. The highest BCUT2D eigenvalue weighted by Crippen LogP contribution is 2.31. The molecule has 0 N–H and O–H groups in total. The lowest BCUT2D eigenvalue weighted by Gasteiger charge is -2.41. The van der Waals surface area contributed by atoms with E-state index in [9.17, 15) is 4.79 Å². The first kappa shape index (κ1) is 30.2. The van der Waals surface area contributed by atoms with Crippen LogP contribution in [0.15, 0.2) is 12.2 Å². The number of carbonyl (C=O) groups is 1. The molecule has 0 aromatic carbocycles. The summed E-state index contributed by atoms with van der Waals surface area (Å²) in [7, 11) is -9.28. The molecular formula is C20H48O5Si5. The van der Waals surface area contributed by atoms with E-state index in [1.807, 2.05) is 0 Å². The maximum absolute atomic E-state index is 11.5. The van der Waals surface area contributed by atoms with E-state index >= 15 is 0 Å². The Morgan fingerprint density at radius 2 is 1.13 bits per heavy atom. The third kappa shape index (κ3) is 15.1. The molecule has 0 bridgehead atoms. The van der Waals surface area contributed by atoms with E-state index in [1.54, 1.807) is 6.92 Å². The fourth-order valence-electron chi connectivity index (χ4n) is 3.58. The maximum atomic E-state index is 11.5. The van der Waals surface area contributed by atoms with Gasteiger partial charge in [-0.3, -0.25) is 0 Å². The summed E-state index contributed by atoms with van der Waals surface area (Å²) in [5.41, 5.74) is 0.449. The van der Waals surface area contributed by atoms with Gasteiger partial charge in [-0.15, -0.1) is 0 Å². The van der Waals surface area contributed by atoms with Crippen LogP contribution in [0.25, 0.3) is 0 Å². The minimum Gasteiger partial charge on any atom is -0.462 e. The third-order valence-corrected chi connectivity index (χ3v) is 21.7. The second-order valence-corrected chi connectivity index (χ2v) is 33.4. The fraction of sp³-hybridized carbons (Fsp3) is 0.850. The van der Waals surface area contributed by atoms with Crippen LogP contribution >= 0.6 is 0 Å². The molecule has 0 aliphatic rings. The Morgan fingerprint density at radius 1 is 0.700 bits per heavy atom. The number of hydrogen-bond acceptors (Lipinski definition) is 5. The van der Waals surface area contributed by atoms with Gasteiger partial charge in [-0.1, -0.05) is 6.58 Å². The van der Waals surface area contributed by atoms with E-state index in [2.05, 4.69) is 78.6 Å². The highest BCUT2D eigenvalue weighted by molar-refractivity contribution is 6.89. The first-order valence-corrected chi connectivity index (χ1v) is 26.7. The van der Waals surface area contributed by atoms with Crippen molar-refractivity contribution in [2.45, 2.75) is 103 Å². The summed E-state index contributed by atoms with van der Waals surface area (Å²) < 4.78 is 25.3. The van der Waals surface area contributed by atoms with Crippen LogP contribution in [0, 0.1) is 0 Å². The normalized spacial score (nSPS) is 14.0. The van der Waals surface area contributed by atoms with Crippen LogP contribution in [-0.4, -0.2) is 54.4 Å². The van der Waals surface area contributed by atoms with Gasteiger partial charge in [-0.25, -0.2) is 4.79 Å². The molecule has 0 aliphatic carbocycles. The van der Waals surface area contributed by atoms with Crippen molar-refractivity contribution in [2.24, 2.45) is 0 Å². The van der Waals surface area contributed by atoms with Crippen molar-refractivity contribution in [3.63, 3.8) is 0 Å². The summed E-state index contributed by atoms with van der Waals surface area (Å²) in [6, 6.07) is 3.05. The van der Waals surface area contributed by atoms with Crippen molar-refractivity contribution in [1.29, 1.82) is 0 Å². The van der Waals surface area contributed by atoms with Crippen LogP contribution in [-0.2, 0) is 21.9 Å². The van der Waals surface area contributed by atoms with Crippen molar-refractivity contribution in [3.8, 4) is 0 Å². The maximum Gasteiger partial charge on any atom is 0.333 e. The Kier molecular flexibility index (Phi) is 11.4. The van der Waals surface area contributed by atoms with E-state index < -0.39 is 41.8 Å². The predicted molar refractivity (Wildman–Crippen MR) is 141 cm³/mol. The number of rotatable bonds is 14. The first-order chi connectivity index (χ1) is 13.2. The molecule has 0 unspecified atom stereocenters. The molecule has 0 atom stereocenters. The molecule has 0 heterocycles. The van der Waals surface area contributed by atoms with Gasteiger partial charge < -0.3 is 17.1 Å². The Labute approximate surface area is 191 Å². The highest BCUT2D eigenvalue weighted by atomic mass is 28.5. The SMILES string of the molecule is C=C(C)C(=O)OCCC[Si](C)(C)O[Si](C)(C)CC[Si](C)(O[Si](C)(C)C)O[Si](C)(C)C. The summed E-state index contributed by atoms with van der Waals surface area (Å²) in [4.78, 5) is 11.5. The minimum atomic E-state index is -2.23. The average Bonchev–Trinajstić information content (AvgIpc) is 2.44. The molecule has 0 aromatic heterocycles. The van der Waals surface area contributed by atoms with Crippen LogP contribution in [0.1, 0.15) is 13.3 Å². The van der Waals surface area contributed by atoms with Crippen molar-refractivity contribution >= 4 is 47.8 Å². The number of carbonyl (C=O) groups excluding carboxylic acids is 1. The van der Waals surface area contributed by atoms with Gasteiger partial charge in [0.25, 0.3) is 0 Å². The summed E-state index contributed by atoms with van der Waals surface area (Å²) in [5.74, 6) is -0.306. The highest BCUT2D eigenvalue weighted by Gasteiger charge is 2.42. The molecule has 30 heavy (non-hydrogen) atoms. The fourth-order valence-corrected chi connectivity index (χ4v) is 27.3. The second-order valence-electron chi connectivity index (χ2n) is 11.7. The summed E-state index contributed by atoms with van der Waals surface area (Å²) >= 11 is 0. The van der Waals surface area contributed by atoms with Gasteiger partial charge >= 0.3 is 14.5 Å². The van der Waals surface area contributed by atoms with Crippen LogP contribution in [0.3, 0.4) is 0 Å². The van der Waals surface area contributed by atoms with Gasteiger partial charge in [0.05, 0.1) is 6.61 Å². The Morgan fingerprint density at radius 3 is 1.53 bits per heavy atom. The molecule has 0 fully saturated rings. The molecule has 5 nitrogen and oxygen atoms in total. The zero-order valence-corrected chi connectivity index (χ0v) is 26.8. The van der Waals surface area contributed by atoms with Crippen molar-refractivity contribution < 1.29 is 21.9 Å². The molecule has 178 valence electrons. The number of ether oxygens (including phenoxy) is 1. The molecular weight excluding hydrogens is 461 g/mol. The summed E-state index contributed by atoms with van der Waals surface area (Å²) in [6.07, 6.45) is 0.840. The van der Waals surface area contributed by atoms with E-state index in [-0.39, 0.29) is 5.97 Å². The van der Waals surface area contributed by atoms with Crippen LogP contribution in [0.5, 0.6) is 0 Å². The number of hydrogen-bond donors (Lipinski definition) is 0. The van der Waals surface area contributed by atoms with Gasteiger partial charge in [-0.2, -0.15) is 0 Å². The van der Waals surface area contributed by atoms with Crippen molar-refractivity contribution in [2.75, 3.05) is 6.61 Å². The van der Waals surface area contributed by atoms with Gasteiger partial charge in [0, 0.05) is 5.57 Å². The molecule has 0 aliphatic heterocycles. The Bertz CT molecular complexity index is 563. The smallest absolute Gasteiger partial charge is 0.333 e. The molecule has 0 amide bonds. The van der Waals surface area contributed by atoms with Crippen molar-refractivity contribution in [3.05, 3.63) is 12.2 Å². The second kappa shape index (κ2) is 11.3. The van der Waals surface area contributed by atoms with Crippen LogP contribution in [0.2, 0.25) is 90.1 Å². The van der Waals surface area contributed by atoms with Crippen molar-refractivity contribution in [1.82, 2.24) is 0 Å². The van der Waals surface area contributed by atoms with Crippen LogP contribution < -0.4 is 0 Å². The predicted octanol–water partition coefficient (Wildman–Crippen LogP) is 6.70. The van der Waals surface area contributed by atoms with E-state index in [0.717, 1.165) is 24.6 Å². The van der Waals surface area contributed by atoms with Gasteiger partial charge in [0.15, 0.2) is 33.3 Å². The topological polar surface area (TPSA) is 54.0 Å². The molecule has 0 aromatic rings. The minimum absolute atomic E-state index is 0.306. The average molecular weight is 509 g/mol.